The average Bonchev–Trinajstić information content (AvgIpc) is 2.52. The van der Waals surface area contributed by atoms with Gasteiger partial charge in [-0.2, -0.15) is 9.47 Å². The van der Waals surface area contributed by atoms with Gasteiger partial charge >= 0.3 is 11.4 Å². The molecule has 3 N–H and O–H groups in total. The van der Waals surface area contributed by atoms with Crippen molar-refractivity contribution in [1.82, 2.24) is 0 Å². The van der Waals surface area contributed by atoms with Crippen LogP contribution >= 0.6 is 10.9 Å². The summed E-state index contributed by atoms with van der Waals surface area (Å²) in [5.74, 6) is 0.0855. The van der Waals surface area contributed by atoms with Crippen LogP contribution in [0.3, 0.4) is 0 Å². The van der Waals surface area contributed by atoms with Gasteiger partial charge in [0, 0.05) is 12.2 Å². The van der Waals surface area contributed by atoms with Gasteiger partial charge in [0.25, 0.3) is 0 Å². The number of nitriles is 1. The van der Waals surface area contributed by atoms with E-state index in [1.165, 1.54) is 0 Å². The maximum Gasteiger partial charge on any atom is 0.302 e. The molecule has 1 rings (SSSR count). The van der Waals surface area contributed by atoms with Crippen LogP contribution in [0.2, 0.25) is 0 Å². The summed E-state index contributed by atoms with van der Waals surface area (Å²) in [7, 11) is -3.04. The predicted octanol–water partition coefficient (Wildman–Crippen LogP) is 1.27. The third-order valence-corrected chi connectivity index (χ3v) is 3.84. The van der Waals surface area contributed by atoms with Gasteiger partial charge in [0.05, 0.1) is 16.9 Å². The molecule has 0 amide bonds. The SMILES string of the molecule is N#CCCC(OS(=O)O)C1CCS(O)(O)O1. The largest absolute Gasteiger partial charge is 0.308 e. The van der Waals surface area contributed by atoms with E-state index in [4.69, 9.17) is 14.0 Å². The highest BCUT2D eigenvalue weighted by molar-refractivity contribution is 8.20. The first kappa shape index (κ1) is 13.9. The zero-order valence-corrected chi connectivity index (χ0v) is 9.95. The van der Waals surface area contributed by atoms with Gasteiger partial charge < -0.3 is 9.11 Å². The van der Waals surface area contributed by atoms with Crippen molar-refractivity contribution in [2.45, 2.75) is 31.5 Å². The molecule has 0 spiro atoms. The molecule has 1 aliphatic heterocycles. The van der Waals surface area contributed by atoms with E-state index in [1.807, 2.05) is 6.07 Å². The van der Waals surface area contributed by atoms with Gasteiger partial charge in [0.1, 0.15) is 12.2 Å². The summed E-state index contributed by atoms with van der Waals surface area (Å²) in [6.07, 6.45) is -0.756. The second-order valence-electron chi connectivity index (χ2n) is 3.28. The minimum absolute atomic E-state index is 0.0855. The van der Waals surface area contributed by atoms with E-state index in [0.29, 0.717) is 6.42 Å². The van der Waals surface area contributed by atoms with Gasteiger partial charge in [-0.25, -0.2) is 0 Å². The number of hydrogen-bond donors (Lipinski definition) is 3. The number of nitrogens with zero attached hydrogens (tertiary/aromatic N) is 1. The first-order chi connectivity index (χ1) is 7.44. The quantitative estimate of drug-likeness (QED) is 0.644. The van der Waals surface area contributed by atoms with Crippen molar-refractivity contribution in [3.63, 3.8) is 0 Å². The summed E-state index contributed by atoms with van der Waals surface area (Å²) < 4.78 is 47.2. The summed E-state index contributed by atoms with van der Waals surface area (Å²) in [6, 6.07) is 1.88. The minimum Gasteiger partial charge on any atom is -0.308 e. The van der Waals surface area contributed by atoms with Crippen LogP contribution in [0.4, 0.5) is 0 Å². The second kappa shape index (κ2) is 5.92. The molecular formula is C7H13NO6S2. The van der Waals surface area contributed by atoms with E-state index in [-0.39, 0.29) is 18.6 Å². The van der Waals surface area contributed by atoms with Crippen molar-refractivity contribution in [2.24, 2.45) is 0 Å². The molecule has 1 fully saturated rings. The molecule has 0 saturated carbocycles. The Morgan fingerprint density at radius 3 is 2.81 bits per heavy atom. The standard InChI is InChI=1S/C7H13NO6S2/c8-4-1-2-6(13-15(9)10)7-3-5-16(11,12)14-7/h6-7,11-12H,1-3,5H2,(H,9,10). The van der Waals surface area contributed by atoms with E-state index in [2.05, 4.69) is 4.18 Å². The molecule has 1 heterocycles. The first-order valence-electron chi connectivity index (χ1n) is 4.53. The molecule has 16 heavy (non-hydrogen) atoms. The van der Waals surface area contributed by atoms with Crippen LogP contribution in [-0.2, 0) is 19.7 Å². The Labute approximate surface area is 97.4 Å². The lowest BCUT2D eigenvalue weighted by Gasteiger charge is -2.24. The zero-order chi connectivity index (χ0) is 12.2. The van der Waals surface area contributed by atoms with Crippen LogP contribution in [0.5, 0.6) is 0 Å². The molecule has 7 nitrogen and oxygen atoms in total. The summed E-state index contributed by atoms with van der Waals surface area (Å²) in [4.78, 5) is 0. The second-order valence-corrected chi connectivity index (χ2v) is 5.72. The molecular weight excluding hydrogens is 258 g/mol. The Morgan fingerprint density at radius 2 is 2.38 bits per heavy atom. The molecule has 94 valence electrons. The minimum atomic E-state index is -3.04. The molecule has 0 bridgehead atoms. The topological polar surface area (TPSA) is 120 Å². The molecule has 9 heteroatoms. The Balaban J connectivity index is 2.56. The lowest BCUT2D eigenvalue weighted by Crippen LogP contribution is -2.29. The zero-order valence-electron chi connectivity index (χ0n) is 8.31. The van der Waals surface area contributed by atoms with E-state index < -0.39 is 34.4 Å². The molecule has 0 aliphatic carbocycles. The van der Waals surface area contributed by atoms with Crippen LogP contribution in [0.15, 0.2) is 0 Å². The smallest absolute Gasteiger partial charge is 0.302 e. The summed E-state index contributed by atoms with van der Waals surface area (Å²) in [5, 5.41) is 8.42. The van der Waals surface area contributed by atoms with Crippen LogP contribution in [-0.4, -0.2) is 35.8 Å². The van der Waals surface area contributed by atoms with Gasteiger partial charge in [-0.1, -0.05) is 0 Å². The van der Waals surface area contributed by atoms with Gasteiger partial charge in [0.2, 0.25) is 0 Å². The summed E-state index contributed by atoms with van der Waals surface area (Å²) >= 11 is -2.46. The first-order valence-corrected chi connectivity index (χ1v) is 7.21. The van der Waals surface area contributed by atoms with E-state index in [0.717, 1.165) is 0 Å². The molecule has 1 saturated heterocycles. The Bertz CT molecular complexity index is 304. The highest BCUT2D eigenvalue weighted by Gasteiger charge is 2.38. The number of hydrogen-bond acceptors (Lipinski definition) is 6. The molecule has 3 atom stereocenters. The lowest BCUT2D eigenvalue weighted by atomic mass is 10.1. The summed E-state index contributed by atoms with van der Waals surface area (Å²) in [6.45, 7) is 0. The van der Waals surface area contributed by atoms with Crippen LogP contribution in [0.1, 0.15) is 19.3 Å². The number of rotatable bonds is 5. The fraction of sp³-hybridized carbons (Fsp3) is 0.857. The van der Waals surface area contributed by atoms with Crippen LogP contribution < -0.4 is 0 Å². The van der Waals surface area contributed by atoms with Crippen LogP contribution in [0.25, 0.3) is 0 Å². The van der Waals surface area contributed by atoms with Crippen molar-refractivity contribution in [3.05, 3.63) is 0 Å². The molecule has 3 unspecified atom stereocenters. The predicted molar refractivity (Wildman–Crippen MR) is 57.7 cm³/mol. The van der Waals surface area contributed by atoms with Crippen molar-refractivity contribution in [2.75, 3.05) is 5.75 Å². The third kappa shape index (κ3) is 4.34. The summed E-state index contributed by atoms with van der Waals surface area (Å²) in [5.41, 5.74) is 0. The highest BCUT2D eigenvalue weighted by Crippen LogP contribution is 2.49. The fourth-order valence-electron chi connectivity index (χ4n) is 1.42. The van der Waals surface area contributed by atoms with Gasteiger partial charge in [-0.3, -0.25) is 12.9 Å². The van der Waals surface area contributed by atoms with Crippen molar-refractivity contribution in [1.29, 1.82) is 5.26 Å². The maximum atomic E-state index is 10.5. The maximum absolute atomic E-state index is 10.5. The highest BCUT2D eigenvalue weighted by atomic mass is 32.3. The normalized spacial score (nSPS) is 29.2. The van der Waals surface area contributed by atoms with E-state index in [1.54, 1.807) is 0 Å². The lowest BCUT2D eigenvalue weighted by molar-refractivity contribution is 0.0610. The van der Waals surface area contributed by atoms with Gasteiger partial charge in [-0.05, 0) is 12.8 Å². The van der Waals surface area contributed by atoms with Crippen molar-refractivity contribution in [3.8, 4) is 6.07 Å². The third-order valence-electron chi connectivity index (χ3n) is 2.11. The Kier molecular flexibility index (Phi) is 5.13. The van der Waals surface area contributed by atoms with Crippen LogP contribution in [0, 0.1) is 11.3 Å². The molecule has 1 aliphatic rings. The van der Waals surface area contributed by atoms with Crippen molar-refractivity contribution >= 4 is 22.2 Å². The molecule has 0 aromatic heterocycles. The fourth-order valence-corrected chi connectivity index (χ4v) is 3.10. The Hall–Kier alpha value is -0.210. The van der Waals surface area contributed by atoms with E-state index >= 15 is 0 Å². The monoisotopic (exact) mass is 271 g/mol. The van der Waals surface area contributed by atoms with E-state index in [9.17, 15) is 13.3 Å². The average molecular weight is 271 g/mol. The molecule has 0 aromatic rings. The van der Waals surface area contributed by atoms with Gasteiger partial charge in [-0.15, -0.1) is 0 Å². The molecule has 0 radical (unpaired) electrons. The Morgan fingerprint density at radius 1 is 1.69 bits per heavy atom. The van der Waals surface area contributed by atoms with Gasteiger partial charge in [0.15, 0.2) is 0 Å². The molecule has 0 aromatic carbocycles. The van der Waals surface area contributed by atoms with Crippen molar-refractivity contribution < 1.29 is 26.2 Å².